The van der Waals surface area contributed by atoms with Crippen molar-refractivity contribution in [2.75, 3.05) is 18.4 Å². The van der Waals surface area contributed by atoms with E-state index in [0.29, 0.717) is 18.8 Å². The van der Waals surface area contributed by atoms with Gasteiger partial charge in [0, 0.05) is 18.7 Å². The van der Waals surface area contributed by atoms with Crippen LogP contribution in [0.3, 0.4) is 0 Å². The monoisotopic (exact) mass is 383 g/mol. The molecule has 1 aliphatic heterocycles. The Hall–Kier alpha value is -3.09. The minimum absolute atomic E-state index is 0.0908. The minimum atomic E-state index is -0.460. The minimum Gasteiger partial charge on any atom is -0.467 e. The number of hydrogen-bond acceptors (Lipinski definition) is 4. The van der Waals surface area contributed by atoms with Gasteiger partial charge in [-0.25, -0.2) is 0 Å². The number of anilines is 1. The molecule has 0 radical (unpaired) electrons. The van der Waals surface area contributed by atoms with E-state index in [1.807, 2.05) is 32.9 Å². The number of hydrogen-bond donors (Lipinski definition) is 2. The molecule has 0 bridgehead atoms. The molecular weight excluding hydrogens is 358 g/mol. The number of aryl methyl sites for hydroxylation is 3. The quantitative estimate of drug-likeness (QED) is 0.801. The third kappa shape index (κ3) is 4.60. The Kier molecular flexibility index (Phi) is 5.82. The summed E-state index contributed by atoms with van der Waals surface area (Å²) in [7, 11) is 0. The summed E-state index contributed by atoms with van der Waals surface area (Å²) in [5.41, 5.74) is 3.86. The van der Waals surface area contributed by atoms with Crippen LogP contribution in [0.15, 0.2) is 34.9 Å². The van der Waals surface area contributed by atoms with Gasteiger partial charge in [-0.2, -0.15) is 0 Å². The summed E-state index contributed by atoms with van der Waals surface area (Å²) in [6, 6.07) is 7.55. The smallest absolute Gasteiger partial charge is 0.243 e. The van der Waals surface area contributed by atoms with Gasteiger partial charge in [0.25, 0.3) is 0 Å². The maximum absolute atomic E-state index is 12.4. The van der Waals surface area contributed by atoms with Crippen LogP contribution in [0.4, 0.5) is 5.69 Å². The molecular formula is C21H25N3O4. The lowest BCUT2D eigenvalue weighted by Gasteiger charge is -2.15. The number of carbonyl (C=O) groups excluding carboxylic acids is 3. The molecule has 1 aromatic heterocycles. The lowest BCUT2D eigenvalue weighted by atomic mass is 10.1. The number of rotatable bonds is 6. The van der Waals surface area contributed by atoms with Gasteiger partial charge in [-0.1, -0.05) is 17.7 Å². The molecule has 1 saturated heterocycles. The standard InChI is InChI=1S/C21H25N3O4/c1-13-7-14(2)20(15(3)8-13)23-18(25)10-22-21(27)16-9-19(26)24(11-16)12-17-5-4-6-28-17/h4-8,16H,9-12H2,1-3H3,(H,22,27)(H,23,25)/t16-/m1/s1. The zero-order valence-electron chi connectivity index (χ0n) is 16.4. The molecule has 0 saturated carbocycles. The molecule has 0 unspecified atom stereocenters. The Morgan fingerprint density at radius 1 is 1.21 bits per heavy atom. The highest BCUT2D eigenvalue weighted by Gasteiger charge is 2.34. The predicted octanol–water partition coefficient (Wildman–Crippen LogP) is 2.31. The van der Waals surface area contributed by atoms with E-state index in [9.17, 15) is 14.4 Å². The second kappa shape index (κ2) is 8.29. The van der Waals surface area contributed by atoms with Crippen molar-refractivity contribution in [3.8, 4) is 0 Å². The molecule has 28 heavy (non-hydrogen) atoms. The Bertz CT molecular complexity index is 866. The fourth-order valence-electron chi connectivity index (χ4n) is 3.56. The number of furan rings is 1. The van der Waals surface area contributed by atoms with Crippen LogP contribution in [0, 0.1) is 26.7 Å². The Balaban J connectivity index is 1.50. The highest BCUT2D eigenvalue weighted by atomic mass is 16.3. The first-order valence-corrected chi connectivity index (χ1v) is 9.29. The average molecular weight is 383 g/mol. The maximum Gasteiger partial charge on any atom is 0.243 e. The lowest BCUT2D eigenvalue weighted by Crippen LogP contribution is -2.38. The molecule has 7 heteroatoms. The van der Waals surface area contributed by atoms with Crippen molar-refractivity contribution in [2.45, 2.75) is 33.7 Å². The molecule has 2 aromatic rings. The molecule has 3 amide bonds. The number of carbonyl (C=O) groups is 3. The van der Waals surface area contributed by atoms with E-state index in [-0.39, 0.29) is 30.7 Å². The van der Waals surface area contributed by atoms with E-state index in [1.165, 1.54) is 0 Å². The van der Waals surface area contributed by atoms with Crippen molar-refractivity contribution < 1.29 is 18.8 Å². The summed E-state index contributed by atoms with van der Waals surface area (Å²) in [6.07, 6.45) is 1.69. The zero-order valence-corrected chi connectivity index (χ0v) is 16.4. The van der Waals surface area contributed by atoms with Crippen molar-refractivity contribution in [1.82, 2.24) is 10.2 Å². The highest BCUT2D eigenvalue weighted by Crippen LogP contribution is 2.22. The van der Waals surface area contributed by atoms with Gasteiger partial charge in [0.2, 0.25) is 17.7 Å². The van der Waals surface area contributed by atoms with Crippen LogP contribution in [0.2, 0.25) is 0 Å². The van der Waals surface area contributed by atoms with Gasteiger partial charge in [0.1, 0.15) is 5.76 Å². The van der Waals surface area contributed by atoms with Gasteiger partial charge in [-0.15, -0.1) is 0 Å². The Labute approximate surface area is 164 Å². The van der Waals surface area contributed by atoms with Crippen LogP contribution in [-0.4, -0.2) is 35.7 Å². The van der Waals surface area contributed by atoms with E-state index in [1.54, 1.807) is 23.3 Å². The van der Waals surface area contributed by atoms with Gasteiger partial charge in [0.05, 0.1) is 25.3 Å². The molecule has 1 aliphatic rings. The van der Waals surface area contributed by atoms with E-state index < -0.39 is 5.92 Å². The average Bonchev–Trinajstić information content (AvgIpc) is 3.26. The third-order valence-electron chi connectivity index (χ3n) is 4.88. The van der Waals surface area contributed by atoms with Gasteiger partial charge in [0.15, 0.2) is 0 Å². The fourth-order valence-corrected chi connectivity index (χ4v) is 3.56. The second-order valence-electron chi connectivity index (χ2n) is 7.29. The third-order valence-corrected chi connectivity index (χ3v) is 4.88. The van der Waals surface area contributed by atoms with Crippen LogP contribution in [0.25, 0.3) is 0 Å². The number of benzene rings is 1. The summed E-state index contributed by atoms with van der Waals surface area (Å²) in [4.78, 5) is 38.3. The first-order valence-electron chi connectivity index (χ1n) is 9.29. The topological polar surface area (TPSA) is 91.7 Å². The van der Waals surface area contributed by atoms with Crippen LogP contribution in [0.5, 0.6) is 0 Å². The molecule has 3 rings (SSSR count). The predicted molar refractivity (Wildman–Crippen MR) is 105 cm³/mol. The molecule has 2 heterocycles. The van der Waals surface area contributed by atoms with Gasteiger partial charge in [-0.05, 0) is 44.0 Å². The Morgan fingerprint density at radius 2 is 1.93 bits per heavy atom. The van der Waals surface area contributed by atoms with Crippen LogP contribution in [0.1, 0.15) is 28.9 Å². The largest absolute Gasteiger partial charge is 0.467 e. The molecule has 7 nitrogen and oxygen atoms in total. The van der Waals surface area contributed by atoms with E-state index >= 15 is 0 Å². The van der Waals surface area contributed by atoms with Crippen LogP contribution < -0.4 is 10.6 Å². The van der Waals surface area contributed by atoms with Crippen molar-refractivity contribution in [3.63, 3.8) is 0 Å². The summed E-state index contributed by atoms with van der Waals surface area (Å²) in [5.74, 6) is -0.453. The van der Waals surface area contributed by atoms with Crippen molar-refractivity contribution >= 4 is 23.4 Å². The number of likely N-dealkylation sites (tertiary alicyclic amines) is 1. The molecule has 148 valence electrons. The summed E-state index contributed by atoms with van der Waals surface area (Å²) < 4.78 is 5.25. The first kappa shape index (κ1) is 19.7. The van der Waals surface area contributed by atoms with Crippen molar-refractivity contribution in [3.05, 3.63) is 53.0 Å². The van der Waals surface area contributed by atoms with Crippen molar-refractivity contribution in [1.29, 1.82) is 0 Å². The van der Waals surface area contributed by atoms with E-state index in [0.717, 1.165) is 22.4 Å². The molecule has 0 aliphatic carbocycles. The maximum atomic E-state index is 12.4. The molecule has 1 atom stereocenters. The number of nitrogens with zero attached hydrogens (tertiary/aromatic N) is 1. The number of amides is 3. The highest BCUT2D eigenvalue weighted by molar-refractivity contribution is 5.97. The van der Waals surface area contributed by atoms with Crippen LogP contribution in [-0.2, 0) is 20.9 Å². The SMILES string of the molecule is Cc1cc(C)c(NC(=O)CNC(=O)[C@@H]2CC(=O)N(Cc3ccco3)C2)c(C)c1. The van der Waals surface area contributed by atoms with E-state index in [2.05, 4.69) is 10.6 Å². The van der Waals surface area contributed by atoms with Gasteiger partial charge < -0.3 is 20.0 Å². The molecule has 1 fully saturated rings. The number of nitrogens with one attached hydrogen (secondary N) is 2. The van der Waals surface area contributed by atoms with E-state index in [4.69, 9.17) is 4.42 Å². The normalized spacial score (nSPS) is 16.3. The zero-order chi connectivity index (χ0) is 20.3. The second-order valence-corrected chi connectivity index (χ2v) is 7.29. The van der Waals surface area contributed by atoms with Crippen molar-refractivity contribution in [2.24, 2.45) is 5.92 Å². The fraction of sp³-hybridized carbons (Fsp3) is 0.381. The molecule has 0 spiro atoms. The van der Waals surface area contributed by atoms with Gasteiger partial charge in [-0.3, -0.25) is 14.4 Å². The lowest BCUT2D eigenvalue weighted by molar-refractivity contribution is -0.129. The Morgan fingerprint density at radius 3 is 2.57 bits per heavy atom. The summed E-state index contributed by atoms with van der Waals surface area (Å²) in [6.45, 7) is 6.42. The molecule has 1 aromatic carbocycles. The van der Waals surface area contributed by atoms with Gasteiger partial charge >= 0.3 is 0 Å². The molecule has 2 N–H and O–H groups in total. The first-order chi connectivity index (χ1) is 13.3. The summed E-state index contributed by atoms with van der Waals surface area (Å²) >= 11 is 0. The summed E-state index contributed by atoms with van der Waals surface area (Å²) in [5, 5.41) is 5.50. The van der Waals surface area contributed by atoms with Crippen LogP contribution >= 0.6 is 0 Å².